The SMILES string of the molecule is CC(C)=CCN(C)c1ccc(Cl)cc1/C(C)=N/N1CCCCC1. The highest BCUT2D eigenvalue weighted by Crippen LogP contribution is 2.25. The lowest BCUT2D eigenvalue weighted by molar-refractivity contribution is 0.239. The zero-order chi connectivity index (χ0) is 16.8. The molecule has 1 saturated heterocycles. The standard InChI is InChI=1S/C19H28ClN3/c1-15(2)10-13-22(4)19-9-8-17(20)14-18(19)16(3)21-23-11-6-5-7-12-23/h8-10,14H,5-7,11-13H2,1-4H3/b21-16+. The maximum atomic E-state index is 6.24. The molecule has 0 spiro atoms. The predicted molar refractivity (Wildman–Crippen MR) is 102 cm³/mol. The second-order valence-electron chi connectivity index (χ2n) is 6.52. The minimum absolute atomic E-state index is 0.757. The molecule has 1 aromatic rings. The highest BCUT2D eigenvalue weighted by molar-refractivity contribution is 6.31. The average Bonchev–Trinajstić information content (AvgIpc) is 2.53. The zero-order valence-electron chi connectivity index (χ0n) is 14.8. The molecule has 0 bridgehead atoms. The first kappa shape index (κ1) is 17.9. The van der Waals surface area contributed by atoms with Crippen LogP contribution in [0.1, 0.15) is 45.6 Å². The highest BCUT2D eigenvalue weighted by Gasteiger charge is 2.13. The van der Waals surface area contributed by atoms with Gasteiger partial charge in [-0.15, -0.1) is 0 Å². The molecule has 1 fully saturated rings. The van der Waals surface area contributed by atoms with Gasteiger partial charge in [-0.2, -0.15) is 5.10 Å². The molecule has 0 N–H and O–H groups in total. The van der Waals surface area contributed by atoms with Crippen LogP contribution in [0.3, 0.4) is 0 Å². The van der Waals surface area contributed by atoms with Crippen molar-refractivity contribution in [2.45, 2.75) is 40.0 Å². The summed E-state index contributed by atoms with van der Waals surface area (Å²) in [6.07, 6.45) is 6.02. The average molecular weight is 334 g/mol. The van der Waals surface area contributed by atoms with E-state index in [2.05, 4.69) is 49.9 Å². The summed E-state index contributed by atoms with van der Waals surface area (Å²) in [5.74, 6) is 0. The summed E-state index contributed by atoms with van der Waals surface area (Å²) in [4.78, 5) is 2.24. The molecule has 1 aliphatic heterocycles. The van der Waals surface area contributed by atoms with Gasteiger partial charge in [0.2, 0.25) is 0 Å². The van der Waals surface area contributed by atoms with Gasteiger partial charge in [-0.1, -0.05) is 23.3 Å². The maximum absolute atomic E-state index is 6.24. The van der Waals surface area contributed by atoms with Crippen LogP contribution in [-0.4, -0.2) is 37.4 Å². The Morgan fingerprint density at radius 2 is 1.91 bits per heavy atom. The molecule has 0 radical (unpaired) electrons. The van der Waals surface area contributed by atoms with Gasteiger partial charge >= 0.3 is 0 Å². The smallest absolute Gasteiger partial charge is 0.0668 e. The molecule has 2 rings (SSSR count). The molecule has 126 valence electrons. The lowest BCUT2D eigenvalue weighted by Gasteiger charge is -2.26. The molecule has 1 aliphatic rings. The molecule has 0 unspecified atom stereocenters. The van der Waals surface area contributed by atoms with Crippen molar-refractivity contribution >= 4 is 23.0 Å². The van der Waals surface area contributed by atoms with Gasteiger partial charge in [0, 0.05) is 43.0 Å². The number of likely N-dealkylation sites (N-methyl/N-ethyl adjacent to an activating group) is 1. The topological polar surface area (TPSA) is 18.8 Å². The zero-order valence-corrected chi connectivity index (χ0v) is 15.5. The van der Waals surface area contributed by atoms with Crippen LogP contribution < -0.4 is 4.90 Å². The lowest BCUT2D eigenvalue weighted by Crippen LogP contribution is -2.26. The molecule has 1 heterocycles. The molecule has 0 saturated carbocycles. The molecule has 0 amide bonds. The van der Waals surface area contributed by atoms with Gasteiger partial charge in [-0.3, -0.25) is 5.01 Å². The quantitative estimate of drug-likeness (QED) is 0.560. The van der Waals surface area contributed by atoms with Gasteiger partial charge < -0.3 is 4.90 Å². The van der Waals surface area contributed by atoms with Crippen molar-refractivity contribution in [1.82, 2.24) is 5.01 Å². The molecule has 4 heteroatoms. The second-order valence-corrected chi connectivity index (χ2v) is 6.96. The summed E-state index contributed by atoms with van der Waals surface area (Å²) in [5, 5.41) is 7.79. The van der Waals surface area contributed by atoms with E-state index in [0.29, 0.717) is 0 Å². The van der Waals surface area contributed by atoms with Crippen LogP contribution in [0.2, 0.25) is 5.02 Å². The Labute approximate surface area is 145 Å². The van der Waals surface area contributed by atoms with E-state index in [1.165, 1.54) is 30.5 Å². The molecular weight excluding hydrogens is 306 g/mol. The fraction of sp³-hybridized carbons (Fsp3) is 0.526. The number of halogens is 1. The number of piperidine rings is 1. The van der Waals surface area contributed by atoms with Gasteiger partial charge in [0.25, 0.3) is 0 Å². The normalized spacial score (nSPS) is 15.5. The van der Waals surface area contributed by atoms with E-state index in [-0.39, 0.29) is 0 Å². The number of nitrogens with zero attached hydrogens (tertiary/aromatic N) is 3. The summed E-state index contributed by atoms with van der Waals surface area (Å²) >= 11 is 6.24. The number of benzene rings is 1. The Balaban J connectivity index is 2.26. The summed E-state index contributed by atoms with van der Waals surface area (Å²) < 4.78 is 0. The molecule has 3 nitrogen and oxygen atoms in total. The molecule has 1 aromatic carbocycles. The number of rotatable bonds is 5. The van der Waals surface area contributed by atoms with Crippen LogP contribution in [0.4, 0.5) is 5.69 Å². The fourth-order valence-corrected chi connectivity index (χ4v) is 2.96. The Hall–Kier alpha value is -1.48. The fourth-order valence-electron chi connectivity index (χ4n) is 2.79. The van der Waals surface area contributed by atoms with Gasteiger partial charge in [-0.25, -0.2) is 0 Å². The van der Waals surface area contributed by atoms with Crippen molar-refractivity contribution in [2.75, 3.05) is 31.6 Å². The minimum atomic E-state index is 0.757. The predicted octanol–water partition coefficient (Wildman–Crippen LogP) is 4.95. The third-order valence-corrected chi connectivity index (χ3v) is 4.39. The molecule has 0 aliphatic carbocycles. The van der Waals surface area contributed by atoms with E-state index >= 15 is 0 Å². The first-order valence-corrected chi connectivity index (χ1v) is 8.80. The largest absolute Gasteiger partial charge is 0.370 e. The van der Waals surface area contributed by atoms with Gasteiger partial charge in [0.1, 0.15) is 0 Å². The number of hydrazone groups is 1. The van der Waals surface area contributed by atoms with E-state index < -0.39 is 0 Å². The summed E-state index contributed by atoms with van der Waals surface area (Å²) in [6.45, 7) is 9.33. The van der Waals surface area contributed by atoms with Gasteiger partial charge in [0.15, 0.2) is 0 Å². The van der Waals surface area contributed by atoms with E-state index in [4.69, 9.17) is 16.7 Å². The van der Waals surface area contributed by atoms with Crippen LogP contribution in [0.25, 0.3) is 0 Å². The first-order chi connectivity index (χ1) is 11.0. The van der Waals surface area contributed by atoms with Crippen molar-refractivity contribution in [1.29, 1.82) is 0 Å². The maximum Gasteiger partial charge on any atom is 0.0668 e. The highest BCUT2D eigenvalue weighted by atomic mass is 35.5. The Bertz CT molecular complexity index is 582. The Kier molecular flexibility index (Phi) is 6.52. The van der Waals surface area contributed by atoms with Crippen LogP contribution in [-0.2, 0) is 0 Å². The third-order valence-electron chi connectivity index (χ3n) is 4.16. The first-order valence-electron chi connectivity index (χ1n) is 8.42. The summed E-state index contributed by atoms with van der Waals surface area (Å²) in [7, 11) is 2.11. The van der Waals surface area contributed by atoms with Crippen LogP contribution >= 0.6 is 11.6 Å². The summed E-state index contributed by atoms with van der Waals surface area (Å²) in [5.41, 5.74) is 4.65. The van der Waals surface area contributed by atoms with Crippen LogP contribution in [0.15, 0.2) is 34.9 Å². The van der Waals surface area contributed by atoms with Crippen molar-refractivity contribution in [3.8, 4) is 0 Å². The Morgan fingerprint density at radius 1 is 1.22 bits per heavy atom. The van der Waals surface area contributed by atoms with Gasteiger partial charge in [-0.05, 0) is 58.2 Å². The van der Waals surface area contributed by atoms with Crippen LogP contribution in [0, 0.1) is 0 Å². The van der Waals surface area contributed by atoms with Crippen molar-refractivity contribution in [2.24, 2.45) is 5.10 Å². The molecular formula is C19H28ClN3. The van der Waals surface area contributed by atoms with E-state index in [1.807, 2.05) is 12.1 Å². The number of hydrogen-bond acceptors (Lipinski definition) is 3. The lowest BCUT2D eigenvalue weighted by atomic mass is 10.1. The summed E-state index contributed by atoms with van der Waals surface area (Å²) in [6, 6.07) is 6.07. The number of allylic oxidation sites excluding steroid dienone is 1. The van der Waals surface area contributed by atoms with Crippen LogP contribution in [0.5, 0.6) is 0 Å². The van der Waals surface area contributed by atoms with Crippen molar-refractivity contribution in [3.05, 3.63) is 40.4 Å². The molecule has 0 aromatic heterocycles. The van der Waals surface area contributed by atoms with Crippen molar-refractivity contribution in [3.63, 3.8) is 0 Å². The van der Waals surface area contributed by atoms with E-state index in [1.54, 1.807) is 0 Å². The minimum Gasteiger partial charge on any atom is -0.370 e. The Morgan fingerprint density at radius 3 is 2.57 bits per heavy atom. The number of anilines is 1. The van der Waals surface area contributed by atoms with Gasteiger partial charge in [0.05, 0.1) is 5.71 Å². The molecule has 0 atom stereocenters. The monoisotopic (exact) mass is 333 g/mol. The second kappa shape index (κ2) is 8.39. The molecule has 23 heavy (non-hydrogen) atoms. The van der Waals surface area contributed by atoms with Crippen molar-refractivity contribution < 1.29 is 0 Å². The number of hydrogen-bond donors (Lipinski definition) is 0. The van der Waals surface area contributed by atoms with E-state index in [9.17, 15) is 0 Å². The van der Waals surface area contributed by atoms with E-state index in [0.717, 1.165) is 35.9 Å². The third kappa shape index (κ3) is 5.28.